The maximum Gasteiger partial charge on any atom is 0.122 e. The van der Waals surface area contributed by atoms with Crippen LogP contribution >= 0.6 is 0 Å². The zero-order valence-electron chi connectivity index (χ0n) is 11.4. The average molecular weight is 263 g/mol. The Labute approximate surface area is 114 Å². The smallest absolute Gasteiger partial charge is 0.122 e. The molecular weight excluding hydrogens is 242 g/mol. The van der Waals surface area contributed by atoms with Gasteiger partial charge in [-0.1, -0.05) is 18.2 Å². The van der Waals surface area contributed by atoms with E-state index < -0.39 is 0 Å². The van der Waals surface area contributed by atoms with Crippen molar-refractivity contribution in [2.75, 3.05) is 40.1 Å². The summed E-state index contributed by atoms with van der Waals surface area (Å²) in [5.41, 5.74) is 1.33. The van der Waals surface area contributed by atoms with Crippen molar-refractivity contribution in [3.63, 3.8) is 0 Å². The maximum absolute atomic E-state index is 5.55. The molecule has 104 valence electrons. The summed E-state index contributed by atoms with van der Waals surface area (Å²) >= 11 is 0. The van der Waals surface area contributed by atoms with Crippen LogP contribution in [0.15, 0.2) is 24.3 Å². The Morgan fingerprint density at radius 1 is 1.32 bits per heavy atom. The molecule has 1 aromatic rings. The second-order valence-corrected chi connectivity index (χ2v) is 5.40. The van der Waals surface area contributed by atoms with Gasteiger partial charge in [0.15, 0.2) is 0 Å². The van der Waals surface area contributed by atoms with Crippen molar-refractivity contribution in [1.29, 1.82) is 0 Å². The third-order valence-electron chi connectivity index (χ3n) is 4.07. The molecule has 3 rings (SSSR count). The summed E-state index contributed by atoms with van der Waals surface area (Å²) in [5.74, 6) is 0.961. The van der Waals surface area contributed by atoms with Crippen molar-refractivity contribution in [3.05, 3.63) is 29.8 Å². The molecule has 1 unspecified atom stereocenters. The van der Waals surface area contributed by atoms with E-state index in [1.807, 2.05) is 12.1 Å². The van der Waals surface area contributed by atoms with Gasteiger partial charge in [-0.15, -0.1) is 0 Å². The van der Waals surface area contributed by atoms with Gasteiger partial charge in [0.1, 0.15) is 5.75 Å². The zero-order valence-corrected chi connectivity index (χ0v) is 11.4. The van der Waals surface area contributed by atoms with E-state index in [-0.39, 0.29) is 5.41 Å². The fraction of sp³-hybridized carbons (Fsp3) is 0.600. The van der Waals surface area contributed by atoms with E-state index in [0.29, 0.717) is 6.04 Å². The van der Waals surface area contributed by atoms with Crippen LogP contribution in [0.4, 0.5) is 0 Å². The van der Waals surface area contributed by atoms with E-state index in [1.54, 1.807) is 7.11 Å². The van der Waals surface area contributed by atoms with Crippen molar-refractivity contribution in [2.45, 2.75) is 17.9 Å². The number of benzene rings is 1. The summed E-state index contributed by atoms with van der Waals surface area (Å²) < 4.78 is 16.6. The van der Waals surface area contributed by atoms with Crippen LogP contribution in [0.1, 0.15) is 12.0 Å². The number of rotatable bonds is 4. The van der Waals surface area contributed by atoms with E-state index in [1.165, 1.54) is 5.56 Å². The summed E-state index contributed by atoms with van der Waals surface area (Å²) in [7, 11) is 1.73. The zero-order chi connectivity index (χ0) is 13.1. The molecule has 0 aromatic heterocycles. The Hall–Kier alpha value is -1.10. The van der Waals surface area contributed by atoms with Gasteiger partial charge in [-0.25, -0.2) is 0 Å². The molecule has 2 aliphatic rings. The third kappa shape index (κ3) is 2.48. The SMILES string of the molecule is COc1ccccc1C1(CC2COCCN2)COC1. The lowest BCUT2D eigenvalue weighted by atomic mass is 9.73. The largest absolute Gasteiger partial charge is 0.496 e. The molecular formula is C15H21NO3. The van der Waals surface area contributed by atoms with Crippen LogP contribution in [0, 0.1) is 0 Å². The molecule has 0 amide bonds. The average Bonchev–Trinajstić information content (AvgIpc) is 2.44. The van der Waals surface area contributed by atoms with Gasteiger partial charge in [0.25, 0.3) is 0 Å². The summed E-state index contributed by atoms with van der Waals surface area (Å²) in [6.07, 6.45) is 1.04. The van der Waals surface area contributed by atoms with Gasteiger partial charge in [-0.3, -0.25) is 0 Å². The summed E-state index contributed by atoms with van der Waals surface area (Å²) in [4.78, 5) is 0. The molecule has 19 heavy (non-hydrogen) atoms. The normalized spacial score (nSPS) is 25.6. The number of ether oxygens (including phenoxy) is 3. The minimum absolute atomic E-state index is 0.0744. The Morgan fingerprint density at radius 2 is 2.16 bits per heavy atom. The van der Waals surface area contributed by atoms with Crippen LogP contribution < -0.4 is 10.1 Å². The molecule has 1 aromatic carbocycles. The summed E-state index contributed by atoms with van der Waals surface area (Å²) in [6.45, 7) is 4.08. The second kappa shape index (κ2) is 5.49. The Balaban J connectivity index is 1.81. The second-order valence-electron chi connectivity index (χ2n) is 5.40. The molecule has 1 atom stereocenters. The molecule has 2 saturated heterocycles. The topological polar surface area (TPSA) is 39.7 Å². The molecule has 0 saturated carbocycles. The molecule has 2 aliphatic heterocycles. The van der Waals surface area contributed by atoms with Gasteiger partial charge >= 0.3 is 0 Å². The number of hydrogen-bond donors (Lipinski definition) is 1. The fourth-order valence-corrected chi connectivity index (χ4v) is 3.04. The van der Waals surface area contributed by atoms with Crippen LogP contribution in [0.5, 0.6) is 5.75 Å². The minimum atomic E-state index is 0.0744. The van der Waals surface area contributed by atoms with Gasteiger partial charge in [-0.05, 0) is 12.5 Å². The highest BCUT2D eigenvalue weighted by Gasteiger charge is 2.44. The first kappa shape index (κ1) is 12.9. The first-order chi connectivity index (χ1) is 9.34. The van der Waals surface area contributed by atoms with Gasteiger partial charge in [0.05, 0.1) is 33.5 Å². The van der Waals surface area contributed by atoms with Crippen LogP contribution in [0.2, 0.25) is 0 Å². The molecule has 2 heterocycles. The molecule has 0 aliphatic carbocycles. The van der Waals surface area contributed by atoms with Gasteiger partial charge < -0.3 is 19.5 Å². The highest BCUT2D eigenvalue weighted by Crippen LogP contribution is 2.41. The first-order valence-corrected chi connectivity index (χ1v) is 6.86. The summed E-state index contributed by atoms with van der Waals surface area (Å²) in [5, 5.41) is 3.53. The monoisotopic (exact) mass is 263 g/mol. The molecule has 4 heteroatoms. The minimum Gasteiger partial charge on any atom is -0.496 e. The van der Waals surface area contributed by atoms with Gasteiger partial charge in [0, 0.05) is 23.6 Å². The number of hydrogen-bond acceptors (Lipinski definition) is 4. The van der Waals surface area contributed by atoms with E-state index in [2.05, 4.69) is 17.4 Å². The molecule has 0 spiro atoms. The van der Waals surface area contributed by atoms with Gasteiger partial charge in [-0.2, -0.15) is 0 Å². The fourth-order valence-electron chi connectivity index (χ4n) is 3.04. The highest BCUT2D eigenvalue weighted by molar-refractivity contribution is 5.41. The van der Waals surface area contributed by atoms with Crippen molar-refractivity contribution >= 4 is 0 Å². The van der Waals surface area contributed by atoms with Crippen molar-refractivity contribution < 1.29 is 14.2 Å². The van der Waals surface area contributed by atoms with Gasteiger partial charge in [0.2, 0.25) is 0 Å². The number of para-hydroxylation sites is 1. The Bertz CT molecular complexity index is 425. The van der Waals surface area contributed by atoms with E-state index in [0.717, 1.165) is 45.1 Å². The molecule has 1 N–H and O–H groups in total. The van der Waals surface area contributed by atoms with E-state index in [9.17, 15) is 0 Å². The lowest BCUT2D eigenvalue weighted by Crippen LogP contribution is -2.53. The Morgan fingerprint density at radius 3 is 2.79 bits per heavy atom. The third-order valence-corrected chi connectivity index (χ3v) is 4.07. The Kier molecular flexibility index (Phi) is 3.73. The lowest BCUT2D eigenvalue weighted by molar-refractivity contribution is -0.0761. The van der Waals surface area contributed by atoms with Crippen molar-refractivity contribution in [3.8, 4) is 5.75 Å². The number of nitrogens with one attached hydrogen (secondary N) is 1. The van der Waals surface area contributed by atoms with Crippen LogP contribution in [0.3, 0.4) is 0 Å². The van der Waals surface area contributed by atoms with Crippen molar-refractivity contribution in [2.24, 2.45) is 0 Å². The summed E-state index contributed by atoms with van der Waals surface area (Å²) in [6, 6.07) is 8.67. The predicted octanol–water partition coefficient (Wildman–Crippen LogP) is 1.34. The maximum atomic E-state index is 5.55. The molecule has 4 nitrogen and oxygen atoms in total. The van der Waals surface area contributed by atoms with Crippen molar-refractivity contribution in [1.82, 2.24) is 5.32 Å². The van der Waals surface area contributed by atoms with E-state index >= 15 is 0 Å². The first-order valence-electron chi connectivity index (χ1n) is 6.86. The molecule has 2 fully saturated rings. The number of morpholine rings is 1. The standard InChI is InChI=1S/C15H21NO3/c1-17-14-5-3-2-4-13(14)15(10-19-11-15)8-12-9-18-7-6-16-12/h2-5,12,16H,6-11H2,1H3. The van der Waals surface area contributed by atoms with Crippen LogP contribution in [-0.4, -0.2) is 46.1 Å². The van der Waals surface area contributed by atoms with Crippen LogP contribution in [0.25, 0.3) is 0 Å². The molecule has 0 bridgehead atoms. The number of methoxy groups -OCH3 is 1. The quantitative estimate of drug-likeness (QED) is 0.890. The van der Waals surface area contributed by atoms with E-state index in [4.69, 9.17) is 14.2 Å². The molecule has 0 radical (unpaired) electrons. The lowest BCUT2D eigenvalue weighted by Gasteiger charge is -2.45. The van der Waals surface area contributed by atoms with Crippen LogP contribution in [-0.2, 0) is 14.9 Å². The highest BCUT2D eigenvalue weighted by atomic mass is 16.5. The predicted molar refractivity (Wildman–Crippen MR) is 72.7 cm³/mol.